The number of nitrogens with one attached hydrogen (secondary N) is 1. The fourth-order valence-electron chi connectivity index (χ4n) is 5.91. The van der Waals surface area contributed by atoms with Crippen LogP contribution in [-0.2, 0) is 26.0 Å². The fraction of sp³-hybridized carbons (Fsp3) is 0.517. The van der Waals surface area contributed by atoms with Gasteiger partial charge in [-0.25, -0.2) is 12.8 Å². The van der Waals surface area contributed by atoms with Gasteiger partial charge in [0.1, 0.15) is 11.6 Å². The number of hydrogen-bond acceptors (Lipinski definition) is 7. The van der Waals surface area contributed by atoms with Crippen molar-refractivity contribution in [1.29, 1.82) is 0 Å². The van der Waals surface area contributed by atoms with Gasteiger partial charge in [0, 0.05) is 51.3 Å². The summed E-state index contributed by atoms with van der Waals surface area (Å²) in [5.41, 5.74) is 1.28. The molecular formula is C29H36BFN4O6S. The Bertz CT molecular complexity index is 1430. The molecule has 4 bridgehead atoms. The number of piperazine rings is 1. The number of ether oxygens (including phenoxy) is 1. The lowest BCUT2D eigenvalue weighted by Gasteiger charge is -2.43. The van der Waals surface area contributed by atoms with Gasteiger partial charge >= 0.3 is 0 Å². The highest BCUT2D eigenvalue weighted by Crippen LogP contribution is 2.26. The molecule has 2 saturated heterocycles. The largest absolute Gasteiger partial charge is 0.493 e. The number of fused-ring (bicyclic) bond motifs is 4. The van der Waals surface area contributed by atoms with Crippen LogP contribution in [0.3, 0.4) is 0 Å². The SMILES string of the molecule is [B]N1CCN(S(=O)(=O)c2cccc(C)c2)C[C@@H]1[C@@H](O)[C@@H]1Cc2cc(F)cc(c2)OCCCCN2CC(CC2=O)C(=O)N1. The Morgan fingerprint density at radius 3 is 2.67 bits per heavy atom. The molecule has 3 aliphatic heterocycles. The van der Waals surface area contributed by atoms with E-state index in [-0.39, 0.29) is 49.8 Å². The molecule has 4 atom stereocenters. The van der Waals surface area contributed by atoms with Crippen LogP contribution in [0.2, 0.25) is 0 Å². The van der Waals surface area contributed by atoms with Crippen molar-refractivity contribution in [1.82, 2.24) is 19.3 Å². The third-order valence-electron chi connectivity index (χ3n) is 8.25. The van der Waals surface area contributed by atoms with Crippen LogP contribution in [0.4, 0.5) is 4.39 Å². The number of carbonyl (C=O) groups is 2. The predicted molar refractivity (Wildman–Crippen MR) is 154 cm³/mol. The van der Waals surface area contributed by atoms with Crippen LogP contribution < -0.4 is 10.1 Å². The highest BCUT2D eigenvalue weighted by molar-refractivity contribution is 7.89. The van der Waals surface area contributed by atoms with Crippen molar-refractivity contribution in [3.63, 3.8) is 0 Å². The van der Waals surface area contributed by atoms with Crippen LogP contribution >= 0.6 is 0 Å². The molecule has 5 rings (SSSR count). The topological polar surface area (TPSA) is 119 Å². The minimum atomic E-state index is -3.88. The number of carbonyl (C=O) groups excluding carboxylic acids is 2. The molecule has 2 amide bonds. The lowest BCUT2D eigenvalue weighted by molar-refractivity contribution is -0.129. The summed E-state index contributed by atoms with van der Waals surface area (Å²) in [6, 6.07) is 9.02. The van der Waals surface area contributed by atoms with E-state index in [1.165, 1.54) is 27.3 Å². The number of hydrogen-bond donors (Lipinski definition) is 2. The number of benzene rings is 2. The Morgan fingerprint density at radius 1 is 1.07 bits per heavy atom. The number of amides is 2. The minimum Gasteiger partial charge on any atom is -0.493 e. The van der Waals surface area contributed by atoms with E-state index in [2.05, 4.69) is 5.32 Å². The molecule has 42 heavy (non-hydrogen) atoms. The second-order valence-electron chi connectivity index (χ2n) is 11.4. The van der Waals surface area contributed by atoms with Gasteiger partial charge in [0.05, 0.1) is 29.6 Å². The van der Waals surface area contributed by atoms with Crippen molar-refractivity contribution in [3.8, 4) is 5.75 Å². The molecule has 0 aromatic heterocycles. The molecule has 2 aromatic rings. The van der Waals surface area contributed by atoms with Crippen LogP contribution in [0.1, 0.15) is 30.4 Å². The Balaban J connectivity index is 1.43. The van der Waals surface area contributed by atoms with Gasteiger partial charge in [0.2, 0.25) is 21.8 Å². The molecule has 2 N–H and O–H groups in total. The van der Waals surface area contributed by atoms with E-state index < -0.39 is 45.9 Å². The summed E-state index contributed by atoms with van der Waals surface area (Å²) in [5.74, 6) is -1.30. The van der Waals surface area contributed by atoms with E-state index in [0.29, 0.717) is 37.3 Å². The van der Waals surface area contributed by atoms with E-state index in [4.69, 9.17) is 12.7 Å². The van der Waals surface area contributed by atoms with Crippen molar-refractivity contribution in [2.75, 3.05) is 39.3 Å². The molecular weight excluding hydrogens is 562 g/mol. The van der Waals surface area contributed by atoms with Crippen LogP contribution in [-0.4, -0.2) is 105 Å². The predicted octanol–water partition coefficient (Wildman–Crippen LogP) is 1.00. The monoisotopic (exact) mass is 598 g/mol. The van der Waals surface area contributed by atoms with Crippen molar-refractivity contribution in [2.24, 2.45) is 5.92 Å². The molecule has 1 unspecified atom stereocenters. The van der Waals surface area contributed by atoms with Gasteiger partial charge in [-0.1, -0.05) is 12.1 Å². The molecule has 3 aliphatic rings. The zero-order valence-corrected chi connectivity index (χ0v) is 24.4. The van der Waals surface area contributed by atoms with Crippen LogP contribution in [0.5, 0.6) is 5.75 Å². The molecule has 13 heteroatoms. The van der Waals surface area contributed by atoms with Crippen molar-refractivity contribution in [2.45, 2.75) is 55.7 Å². The van der Waals surface area contributed by atoms with Crippen LogP contribution in [0.25, 0.3) is 0 Å². The first-order valence-electron chi connectivity index (χ1n) is 14.3. The number of aliphatic hydroxyl groups is 1. The number of halogens is 1. The molecule has 224 valence electrons. The van der Waals surface area contributed by atoms with Crippen molar-refractivity contribution in [3.05, 3.63) is 59.4 Å². The second kappa shape index (κ2) is 12.7. The van der Waals surface area contributed by atoms with Crippen molar-refractivity contribution >= 4 is 29.8 Å². The third kappa shape index (κ3) is 6.80. The van der Waals surface area contributed by atoms with Gasteiger partial charge in [0.15, 0.2) is 7.98 Å². The summed E-state index contributed by atoms with van der Waals surface area (Å²) >= 11 is 0. The maximum absolute atomic E-state index is 14.6. The van der Waals surface area contributed by atoms with Crippen molar-refractivity contribution < 1.29 is 32.2 Å². The normalized spacial score (nSPS) is 25.7. The van der Waals surface area contributed by atoms with E-state index >= 15 is 0 Å². The Morgan fingerprint density at radius 2 is 1.88 bits per heavy atom. The van der Waals surface area contributed by atoms with E-state index in [1.54, 1.807) is 36.1 Å². The average molecular weight is 599 g/mol. The molecule has 0 saturated carbocycles. The highest BCUT2D eigenvalue weighted by Gasteiger charge is 2.41. The summed E-state index contributed by atoms with van der Waals surface area (Å²) < 4.78 is 48.6. The Kier molecular flexibility index (Phi) is 9.21. The molecule has 2 aromatic carbocycles. The molecule has 2 fully saturated rings. The Labute approximate surface area is 247 Å². The quantitative estimate of drug-likeness (QED) is 0.505. The number of aliphatic hydroxyl groups excluding tert-OH is 1. The summed E-state index contributed by atoms with van der Waals surface area (Å²) in [6.07, 6.45) is 0.0968. The molecule has 2 radical (unpaired) electrons. The summed E-state index contributed by atoms with van der Waals surface area (Å²) in [7, 11) is 2.41. The molecule has 0 aliphatic carbocycles. The number of rotatable bonds is 4. The summed E-state index contributed by atoms with van der Waals surface area (Å²) in [6.45, 7) is 3.06. The lowest BCUT2D eigenvalue weighted by atomic mass is 9.92. The first kappa shape index (κ1) is 30.5. The number of nitrogens with zero attached hydrogens (tertiary/aromatic N) is 3. The third-order valence-corrected chi connectivity index (χ3v) is 10.1. The lowest BCUT2D eigenvalue weighted by Crippen LogP contribution is -2.63. The second-order valence-corrected chi connectivity index (χ2v) is 13.3. The van der Waals surface area contributed by atoms with Gasteiger partial charge in [0.25, 0.3) is 0 Å². The highest BCUT2D eigenvalue weighted by atomic mass is 32.2. The molecule has 10 nitrogen and oxygen atoms in total. The van der Waals surface area contributed by atoms with E-state index in [1.807, 2.05) is 0 Å². The van der Waals surface area contributed by atoms with Crippen LogP contribution in [0.15, 0.2) is 47.4 Å². The standard InChI is InChI=1S/C29H36BFN4O6S/c1-19-5-4-6-24(11-19)42(39,40)34-8-9-35(30)26(18-34)28(37)25-14-20-12-22(31)16-23(13-20)41-10-3-2-7-33-17-21(15-27(33)36)29(38)32-25/h4-6,11-13,16,21,25-26,28,37H,2-3,7-10,14-15,17-18H2,1H3,(H,32,38)/t21?,25-,26+,28-/m0/s1. The van der Waals surface area contributed by atoms with E-state index in [9.17, 15) is 27.5 Å². The van der Waals surface area contributed by atoms with Gasteiger partial charge in [-0.05, 0) is 61.6 Å². The minimum absolute atomic E-state index is 0.0282. The van der Waals surface area contributed by atoms with Gasteiger partial charge < -0.3 is 24.9 Å². The maximum Gasteiger partial charge on any atom is 0.243 e. The maximum atomic E-state index is 14.6. The van der Waals surface area contributed by atoms with Gasteiger partial charge in [-0.3, -0.25) is 9.59 Å². The molecule has 0 spiro atoms. The van der Waals surface area contributed by atoms with Crippen LogP contribution in [0, 0.1) is 18.7 Å². The number of sulfonamides is 1. The average Bonchev–Trinajstić information content (AvgIpc) is 3.31. The van der Waals surface area contributed by atoms with Gasteiger partial charge in [-0.2, -0.15) is 4.31 Å². The number of aryl methyl sites for hydroxylation is 1. The smallest absolute Gasteiger partial charge is 0.243 e. The zero-order valence-electron chi connectivity index (χ0n) is 23.6. The Hall–Kier alpha value is -3.00. The summed E-state index contributed by atoms with van der Waals surface area (Å²) in [4.78, 5) is 29.2. The first-order valence-corrected chi connectivity index (χ1v) is 15.7. The fourth-order valence-corrected chi connectivity index (χ4v) is 7.46. The van der Waals surface area contributed by atoms with Gasteiger partial charge in [-0.15, -0.1) is 0 Å². The zero-order chi connectivity index (χ0) is 30.0. The van der Waals surface area contributed by atoms with E-state index in [0.717, 1.165) is 5.56 Å². The first-order chi connectivity index (χ1) is 20.0. The molecule has 3 heterocycles. The summed E-state index contributed by atoms with van der Waals surface area (Å²) in [5, 5.41) is 14.6.